The second kappa shape index (κ2) is 5.79. The largest absolute Gasteiger partial charge is 0.497 e. The Bertz CT molecular complexity index is 694. The molecule has 1 aromatic carbocycles. The maximum absolute atomic E-state index is 12.7. The molecule has 6 heteroatoms. The molecule has 6 nitrogen and oxygen atoms in total. The molecule has 120 valence electrons. The third-order valence-electron chi connectivity index (χ3n) is 4.23. The highest BCUT2D eigenvalue weighted by atomic mass is 16.5. The Morgan fingerprint density at radius 3 is 2.65 bits per heavy atom. The van der Waals surface area contributed by atoms with Gasteiger partial charge in [-0.1, -0.05) is 18.2 Å². The molecule has 1 aromatic rings. The number of ether oxygens (including phenoxy) is 1. The molecule has 0 radical (unpaired) electrons. The fourth-order valence-corrected chi connectivity index (χ4v) is 2.97. The van der Waals surface area contributed by atoms with Crippen molar-refractivity contribution >= 4 is 11.9 Å². The lowest BCUT2D eigenvalue weighted by atomic mass is 9.95. The van der Waals surface area contributed by atoms with Gasteiger partial charge in [-0.15, -0.1) is 6.58 Å². The average Bonchev–Trinajstić information content (AvgIpc) is 2.89. The molecule has 0 aliphatic carbocycles. The van der Waals surface area contributed by atoms with Crippen LogP contribution in [0, 0.1) is 0 Å². The summed E-state index contributed by atoms with van der Waals surface area (Å²) in [5.41, 5.74) is 2.23. The minimum absolute atomic E-state index is 0.0624. The van der Waals surface area contributed by atoms with Crippen LogP contribution in [0.1, 0.15) is 11.6 Å². The minimum atomic E-state index is -0.443. The Morgan fingerprint density at radius 2 is 2.04 bits per heavy atom. The summed E-state index contributed by atoms with van der Waals surface area (Å²) in [6.07, 6.45) is 1.69. The lowest BCUT2D eigenvalue weighted by molar-refractivity contribution is -0.125. The lowest BCUT2D eigenvalue weighted by Crippen LogP contribution is -2.45. The molecule has 3 amide bonds. The summed E-state index contributed by atoms with van der Waals surface area (Å²) in [6, 6.07) is 6.72. The molecule has 1 atom stereocenters. The van der Waals surface area contributed by atoms with E-state index in [1.807, 2.05) is 24.3 Å². The second-order valence-corrected chi connectivity index (χ2v) is 5.55. The van der Waals surface area contributed by atoms with Crippen LogP contribution in [0.4, 0.5) is 4.79 Å². The van der Waals surface area contributed by atoms with Gasteiger partial charge in [-0.05, 0) is 17.7 Å². The zero-order valence-corrected chi connectivity index (χ0v) is 13.2. The highest BCUT2D eigenvalue weighted by molar-refractivity contribution is 6.01. The third kappa shape index (κ3) is 2.46. The molecule has 0 saturated heterocycles. The van der Waals surface area contributed by atoms with Gasteiger partial charge in [-0.25, -0.2) is 4.79 Å². The number of urea groups is 1. The van der Waals surface area contributed by atoms with Gasteiger partial charge in [0.25, 0.3) is 5.91 Å². The summed E-state index contributed by atoms with van der Waals surface area (Å²) in [7, 11) is 3.28. The van der Waals surface area contributed by atoms with Crippen molar-refractivity contribution in [1.82, 2.24) is 15.1 Å². The maximum Gasteiger partial charge on any atom is 0.322 e. The van der Waals surface area contributed by atoms with Gasteiger partial charge in [0.2, 0.25) is 0 Å². The van der Waals surface area contributed by atoms with Crippen LogP contribution >= 0.6 is 0 Å². The third-order valence-corrected chi connectivity index (χ3v) is 4.23. The number of methoxy groups -OCH3 is 1. The Morgan fingerprint density at radius 1 is 1.35 bits per heavy atom. The highest BCUT2D eigenvalue weighted by Gasteiger charge is 2.42. The number of likely N-dealkylation sites (N-methyl/N-ethyl adjacent to an activating group) is 1. The molecule has 0 saturated carbocycles. The molecule has 0 fully saturated rings. The summed E-state index contributed by atoms with van der Waals surface area (Å²) >= 11 is 0. The van der Waals surface area contributed by atoms with Crippen molar-refractivity contribution < 1.29 is 14.3 Å². The van der Waals surface area contributed by atoms with Crippen LogP contribution in [0.5, 0.6) is 5.75 Å². The predicted molar refractivity (Wildman–Crippen MR) is 85.8 cm³/mol. The van der Waals surface area contributed by atoms with Crippen LogP contribution in [-0.4, -0.2) is 49.0 Å². The fourth-order valence-electron chi connectivity index (χ4n) is 2.97. The van der Waals surface area contributed by atoms with E-state index in [4.69, 9.17) is 4.74 Å². The Balaban J connectivity index is 2.00. The van der Waals surface area contributed by atoms with Crippen molar-refractivity contribution in [3.8, 4) is 5.75 Å². The SMILES string of the molecule is C=CCN1CC2=C(C1=O)[C@H](c1ccc(OC)cc1)NC(=O)N2C. The van der Waals surface area contributed by atoms with Gasteiger partial charge in [-0.3, -0.25) is 9.69 Å². The molecule has 1 N–H and O–H groups in total. The minimum Gasteiger partial charge on any atom is -0.497 e. The van der Waals surface area contributed by atoms with E-state index in [0.29, 0.717) is 18.7 Å². The first-order chi connectivity index (χ1) is 11.1. The van der Waals surface area contributed by atoms with Crippen molar-refractivity contribution in [1.29, 1.82) is 0 Å². The van der Waals surface area contributed by atoms with Gasteiger partial charge in [0.05, 0.1) is 31.0 Å². The maximum atomic E-state index is 12.7. The number of carbonyl (C=O) groups excluding carboxylic acids is 2. The van der Waals surface area contributed by atoms with Crippen molar-refractivity contribution in [2.45, 2.75) is 6.04 Å². The molecular formula is C17H19N3O3. The van der Waals surface area contributed by atoms with E-state index in [2.05, 4.69) is 11.9 Å². The lowest BCUT2D eigenvalue weighted by Gasteiger charge is -2.31. The van der Waals surface area contributed by atoms with E-state index in [1.165, 1.54) is 4.90 Å². The zero-order chi connectivity index (χ0) is 16.6. The van der Waals surface area contributed by atoms with Crippen LogP contribution in [0.2, 0.25) is 0 Å². The van der Waals surface area contributed by atoms with Crippen LogP contribution in [-0.2, 0) is 4.79 Å². The smallest absolute Gasteiger partial charge is 0.322 e. The fraction of sp³-hybridized carbons (Fsp3) is 0.294. The van der Waals surface area contributed by atoms with E-state index in [0.717, 1.165) is 17.0 Å². The van der Waals surface area contributed by atoms with E-state index in [9.17, 15) is 9.59 Å². The average molecular weight is 313 g/mol. The summed E-state index contributed by atoms with van der Waals surface area (Å²) in [5.74, 6) is 0.667. The number of carbonyl (C=O) groups is 2. The number of hydrogen-bond acceptors (Lipinski definition) is 3. The van der Waals surface area contributed by atoms with Gasteiger partial charge in [0.15, 0.2) is 0 Å². The number of nitrogens with zero attached hydrogens (tertiary/aromatic N) is 2. The number of hydrogen-bond donors (Lipinski definition) is 1. The van der Waals surface area contributed by atoms with Gasteiger partial charge in [-0.2, -0.15) is 0 Å². The topological polar surface area (TPSA) is 61.9 Å². The molecule has 0 unspecified atom stereocenters. The first kappa shape index (κ1) is 15.1. The number of benzene rings is 1. The van der Waals surface area contributed by atoms with Crippen LogP contribution in [0.3, 0.4) is 0 Å². The van der Waals surface area contributed by atoms with Crippen LogP contribution < -0.4 is 10.1 Å². The molecule has 23 heavy (non-hydrogen) atoms. The number of rotatable bonds is 4. The van der Waals surface area contributed by atoms with Crippen molar-refractivity contribution in [3.63, 3.8) is 0 Å². The van der Waals surface area contributed by atoms with E-state index < -0.39 is 6.04 Å². The number of amides is 3. The number of nitrogens with one attached hydrogen (secondary N) is 1. The van der Waals surface area contributed by atoms with E-state index in [-0.39, 0.29) is 11.9 Å². The van der Waals surface area contributed by atoms with E-state index in [1.54, 1.807) is 25.1 Å². The Labute approximate surface area is 135 Å². The summed E-state index contributed by atoms with van der Waals surface area (Å²) in [4.78, 5) is 28.1. The summed E-state index contributed by atoms with van der Waals surface area (Å²) in [5, 5.41) is 2.90. The standard InChI is InChI=1S/C17H19N3O3/c1-4-9-20-10-13-14(16(20)21)15(18-17(22)19(13)2)11-5-7-12(23-3)8-6-11/h4-8,15H,1,9-10H2,2-3H3,(H,18,22)/t15-/m0/s1. The van der Waals surface area contributed by atoms with Gasteiger partial charge in [0, 0.05) is 13.6 Å². The van der Waals surface area contributed by atoms with Crippen molar-refractivity contribution in [2.24, 2.45) is 0 Å². The second-order valence-electron chi connectivity index (χ2n) is 5.55. The molecule has 2 aliphatic rings. The summed E-state index contributed by atoms with van der Waals surface area (Å²) < 4.78 is 5.16. The summed E-state index contributed by atoms with van der Waals surface area (Å²) in [6.45, 7) is 4.57. The first-order valence-corrected chi connectivity index (χ1v) is 7.38. The quantitative estimate of drug-likeness (QED) is 0.860. The van der Waals surface area contributed by atoms with Gasteiger partial charge in [0.1, 0.15) is 5.75 Å². The van der Waals surface area contributed by atoms with Crippen molar-refractivity contribution in [2.75, 3.05) is 27.2 Å². The molecule has 3 rings (SSSR count). The zero-order valence-electron chi connectivity index (χ0n) is 13.2. The normalized spacial score (nSPS) is 20.5. The van der Waals surface area contributed by atoms with E-state index >= 15 is 0 Å². The molecule has 2 aliphatic heterocycles. The molecule has 0 bridgehead atoms. The van der Waals surface area contributed by atoms with Crippen molar-refractivity contribution in [3.05, 3.63) is 53.8 Å². The Hall–Kier alpha value is -2.76. The van der Waals surface area contributed by atoms with Crippen LogP contribution in [0.15, 0.2) is 48.2 Å². The molecule has 2 heterocycles. The molecule has 0 aromatic heterocycles. The monoisotopic (exact) mass is 313 g/mol. The first-order valence-electron chi connectivity index (χ1n) is 7.38. The predicted octanol–water partition coefficient (Wildman–Crippen LogP) is 1.67. The van der Waals surface area contributed by atoms with Gasteiger partial charge < -0.3 is 15.0 Å². The molecular weight excluding hydrogens is 294 g/mol. The van der Waals surface area contributed by atoms with Crippen LogP contribution in [0.25, 0.3) is 0 Å². The Kier molecular flexibility index (Phi) is 3.82. The highest BCUT2D eigenvalue weighted by Crippen LogP contribution is 2.35. The molecule has 0 spiro atoms. The van der Waals surface area contributed by atoms with Gasteiger partial charge >= 0.3 is 6.03 Å².